The van der Waals surface area contributed by atoms with Crippen LogP contribution in [0.5, 0.6) is 0 Å². The number of aliphatic imine (C=N–C) groups is 1. The van der Waals surface area contributed by atoms with Crippen molar-refractivity contribution in [3.05, 3.63) is 72.0 Å². The van der Waals surface area contributed by atoms with E-state index in [-0.39, 0.29) is 5.82 Å². The lowest BCUT2D eigenvalue weighted by atomic mass is 10.2. The summed E-state index contributed by atoms with van der Waals surface area (Å²) in [6.07, 6.45) is 5.40. The summed E-state index contributed by atoms with van der Waals surface area (Å²) in [5.41, 5.74) is 4.98. The summed E-state index contributed by atoms with van der Waals surface area (Å²) in [4.78, 5) is 8.87. The first-order chi connectivity index (χ1) is 11.1. The number of hydrogen-bond donors (Lipinski definition) is 0. The summed E-state index contributed by atoms with van der Waals surface area (Å²) in [7, 11) is 0. The van der Waals surface area contributed by atoms with Crippen LogP contribution in [0.2, 0.25) is 0 Å². The van der Waals surface area contributed by atoms with E-state index in [0.717, 1.165) is 17.8 Å². The molecule has 3 rings (SSSR count). The standard InChI is InChI=1S/C19H18FN3/c1-4-11-23-14(3)13(2)17-9-10-21-18(19(17)23)12-22-16-7-5-15(20)6-8-16/h4-10,12H,1,11H2,2-3H3/b22-12+. The Morgan fingerprint density at radius 2 is 1.96 bits per heavy atom. The lowest BCUT2D eigenvalue weighted by molar-refractivity contribution is 0.628. The van der Waals surface area contributed by atoms with Crippen LogP contribution in [-0.4, -0.2) is 15.8 Å². The molecule has 0 fully saturated rings. The van der Waals surface area contributed by atoms with Crippen LogP contribution in [0, 0.1) is 19.7 Å². The van der Waals surface area contributed by atoms with Crippen molar-refractivity contribution in [2.45, 2.75) is 20.4 Å². The predicted molar refractivity (Wildman–Crippen MR) is 93.1 cm³/mol. The van der Waals surface area contributed by atoms with Gasteiger partial charge >= 0.3 is 0 Å². The SMILES string of the molecule is C=CCn1c(C)c(C)c2ccnc(/C=N/c3ccc(F)cc3)c21. The summed E-state index contributed by atoms with van der Waals surface area (Å²) >= 11 is 0. The number of halogens is 1. The van der Waals surface area contributed by atoms with Gasteiger partial charge in [0.1, 0.15) is 11.5 Å². The van der Waals surface area contributed by atoms with E-state index in [2.05, 4.69) is 35.0 Å². The summed E-state index contributed by atoms with van der Waals surface area (Å²) in [5.74, 6) is -0.268. The molecule has 0 amide bonds. The van der Waals surface area contributed by atoms with Crippen LogP contribution in [0.3, 0.4) is 0 Å². The van der Waals surface area contributed by atoms with E-state index < -0.39 is 0 Å². The lowest BCUT2D eigenvalue weighted by Crippen LogP contribution is -2.01. The fraction of sp³-hybridized carbons (Fsp3) is 0.158. The highest BCUT2D eigenvalue weighted by Gasteiger charge is 2.13. The van der Waals surface area contributed by atoms with E-state index in [1.807, 2.05) is 12.1 Å². The highest BCUT2D eigenvalue weighted by molar-refractivity contribution is 5.99. The quantitative estimate of drug-likeness (QED) is 0.506. The maximum Gasteiger partial charge on any atom is 0.123 e. The molecule has 0 spiro atoms. The van der Waals surface area contributed by atoms with Gasteiger partial charge in [0.2, 0.25) is 0 Å². The van der Waals surface area contributed by atoms with Gasteiger partial charge in [0.15, 0.2) is 0 Å². The molecule has 3 nitrogen and oxygen atoms in total. The number of aromatic nitrogens is 2. The number of rotatable bonds is 4. The second-order valence-corrected chi connectivity index (χ2v) is 5.44. The number of aryl methyl sites for hydroxylation is 1. The average Bonchev–Trinajstić information content (AvgIpc) is 2.80. The number of hydrogen-bond acceptors (Lipinski definition) is 2. The number of nitrogens with zero attached hydrogens (tertiary/aromatic N) is 3. The zero-order valence-electron chi connectivity index (χ0n) is 13.3. The zero-order valence-corrected chi connectivity index (χ0v) is 13.3. The van der Waals surface area contributed by atoms with E-state index >= 15 is 0 Å². The number of allylic oxidation sites excluding steroid dienone is 1. The first kappa shape index (κ1) is 15.2. The highest BCUT2D eigenvalue weighted by atomic mass is 19.1. The van der Waals surface area contributed by atoms with Crippen molar-refractivity contribution in [3.8, 4) is 0 Å². The lowest BCUT2D eigenvalue weighted by Gasteiger charge is -2.06. The smallest absolute Gasteiger partial charge is 0.123 e. The Kier molecular flexibility index (Phi) is 4.06. The van der Waals surface area contributed by atoms with Crippen molar-refractivity contribution >= 4 is 22.8 Å². The Morgan fingerprint density at radius 3 is 2.65 bits per heavy atom. The zero-order chi connectivity index (χ0) is 16.4. The molecule has 23 heavy (non-hydrogen) atoms. The third kappa shape index (κ3) is 2.80. The second-order valence-electron chi connectivity index (χ2n) is 5.44. The molecule has 116 valence electrons. The molecule has 2 aromatic heterocycles. The van der Waals surface area contributed by atoms with E-state index in [0.29, 0.717) is 5.69 Å². The van der Waals surface area contributed by atoms with Gasteiger partial charge in [-0.3, -0.25) is 9.98 Å². The molecule has 0 aliphatic carbocycles. The molecule has 1 aromatic carbocycles. The molecule has 0 aliphatic rings. The van der Waals surface area contributed by atoms with Crippen molar-refractivity contribution in [3.63, 3.8) is 0 Å². The van der Waals surface area contributed by atoms with Crippen LogP contribution in [0.25, 0.3) is 10.9 Å². The van der Waals surface area contributed by atoms with Crippen molar-refractivity contribution in [1.82, 2.24) is 9.55 Å². The highest BCUT2D eigenvalue weighted by Crippen LogP contribution is 2.26. The molecule has 0 unspecified atom stereocenters. The van der Waals surface area contributed by atoms with Crippen LogP contribution >= 0.6 is 0 Å². The van der Waals surface area contributed by atoms with Gasteiger partial charge in [0, 0.05) is 23.8 Å². The molecule has 0 aliphatic heterocycles. The van der Waals surface area contributed by atoms with Gasteiger partial charge in [0.25, 0.3) is 0 Å². The van der Waals surface area contributed by atoms with Gasteiger partial charge in [-0.25, -0.2) is 4.39 Å². The molecule has 4 heteroatoms. The maximum absolute atomic E-state index is 13.0. The molecule has 0 atom stereocenters. The van der Waals surface area contributed by atoms with Gasteiger partial charge in [0.05, 0.1) is 17.4 Å². The minimum absolute atomic E-state index is 0.268. The van der Waals surface area contributed by atoms with Gasteiger partial charge < -0.3 is 4.57 Å². The summed E-state index contributed by atoms with van der Waals surface area (Å²) in [5, 5.41) is 1.17. The van der Waals surface area contributed by atoms with Crippen molar-refractivity contribution in [2.24, 2.45) is 4.99 Å². The van der Waals surface area contributed by atoms with Crippen molar-refractivity contribution in [1.29, 1.82) is 0 Å². The van der Waals surface area contributed by atoms with E-state index in [1.165, 1.54) is 28.8 Å². The molecular formula is C19H18FN3. The third-order valence-electron chi connectivity index (χ3n) is 4.05. The fourth-order valence-electron chi connectivity index (χ4n) is 2.74. The maximum atomic E-state index is 13.0. The van der Waals surface area contributed by atoms with E-state index in [4.69, 9.17) is 0 Å². The van der Waals surface area contributed by atoms with E-state index in [9.17, 15) is 4.39 Å². The first-order valence-electron chi connectivity index (χ1n) is 7.46. The number of benzene rings is 1. The Bertz CT molecular complexity index is 889. The largest absolute Gasteiger partial charge is 0.339 e. The van der Waals surface area contributed by atoms with Gasteiger partial charge in [-0.2, -0.15) is 0 Å². The number of pyridine rings is 1. The minimum Gasteiger partial charge on any atom is -0.339 e. The summed E-state index contributed by atoms with van der Waals surface area (Å²) in [6.45, 7) is 8.76. The van der Waals surface area contributed by atoms with Crippen LogP contribution < -0.4 is 0 Å². The second kappa shape index (κ2) is 6.16. The van der Waals surface area contributed by atoms with Crippen molar-refractivity contribution in [2.75, 3.05) is 0 Å². The fourth-order valence-corrected chi connectivity index (χ4v) is 2.74. The van der Waals surface area contributed by atoms with Gasteiger partial charge in [-0.1, -0.05) is 6.08 Å². The van der Waals surface area contributed by atoms with E-state index in [1.54, 1.807) is 24.5 Å². The van der Waals surface area contributed by atoms with Gasteiger partial charge in [-0.05, 0) is 49.7 Å². The molecule has 0 saturated carbocycles. The van der Waals surface area contributed by atoms with Crippen molar-refractivity contribution < 1.29 is 4.39 Å². The topological polar surface area (TPSA) is 30.2 Å². The molecule has 0 radical (unpaired) electrons. The molecule has 0 N–H and O–H groups in total. The Hall–Kier alpha value is -2.75. The Balaban J connectivity index is 2.12. The Labute approximate surface area is 134 Å². The average molecular weight is 307 g/mol. The van der Waals surface area contributed by atoms with Crippen LogP contribution in [0.1, 0.15) is 17.0 Å². The molecular weight excluding hydrogens is 289 g/mol. The molecule has 2 heterocycles. The third-order valence-corrected chi connectivity index (χ3v) is 4.05. The monoisotopic (exact) mass is 307 g/mol. The first-order valence-corrected chi connectivity index (χ1v) is 7.46. The predicted octanol–water partition coefficient (Wildman–Crippen LogP) is 4.73. The number of fused-ring (bicyclic) bond motifs is 1. The normalized spacial score (nSPS) is 11.4. The molecule has 0 bridgehead atoms. The van der Waals surface area contributed by atoms with Crippen LogP contribution in [0.4, 0.5) is 10.1 Å². The van der Waals surface area contributed by atoms with Crippen LogP contribution in [-0.2, 0) is 6.54 Å². The Morgan fingerprint density at radius 1 is 1.22 bits per heavy atom. The summed E-state index contributed by atoms with van der Waals surface area (Å²) < 4.78 is 15.2. The molecule has 0 saturated heterocycles. The minimum atomic E-state index is -0.268. The van der Waals surface area contributed by atoms with Crippen LogP contribution in [0.15, 0.2) is 54.2 Å². The van der Waals surface area contributed by atoms with Gasteiger partial charge in [-0.15, -0.1) is 6.58 Å². The molecule has 3 aromatic rings. The summed E-state index contributed by atoms with van der Waals surface area (Å²) in [6, 6.07) is 8.10.